The first-order chi connectivity index (χ1) is 8.46. The fourth-order valence-electron chi connectivity index (χ4n) is 1.97. The Kier molecular flexibility index (Phi) is 4.94. The van der Waals surface area contributed by atoms with Crippen LogP contribution in [0.3, 0.4) is 0 Å². The Hall–Kier alpha value is -1.31. The molecule has 1 aromatic carbocycles. The predicted molar refractivity (Wildman–Crippen MR) is 77.0 cm³/mol. The number of hydrogen-bond acceptors (Lipinski definition) is 1. The molecule has 0 fully saturated rings. The molecule has 100 valence electrons. The number of carbonyl (C=O) groups excluding carboxylic acids is 1. The normalized spacial score (nSPS) is 11.4. The quantitative estimate of drug-likeness (QED) is 0.773. The van der Waals surface area contributed by atoms with E-state index in [1.807, 2.05) is 36.9 Å². The summed E-state index contributed by atoms with van der Waals surface area (Å²) < 4.78 is 0. The van der Waals surface area contributed by atoms with Crippen LogP contribution < -0.4 is 0 Å². The van der Waals surface area contributed by atoms with Gasteiger partial charge in [-0.05, 0) is 43.4 Å². The topological polar surface area (TPSA) is 20.3 Å². The molecular formula is C16H25NO. The second kappa shape index (κ2) is 6.03. The molecular weight excluding hydrogens is 222 g/mol. The molecule has 0 aromatic heterocycles. The number of benzene rings is 1. The molecule has 0 saturated heterocycles. The van der Waals surface area contributed by atoms with Crippen LogP contribution in [-0.4, -0.2) is 23.9 Å². The van der Waals surface area contributed by atoms with E-state index in [1.165, 1.54) is 5.56 Å². The van der Waals surface area contributed by atoms with Crippen LogP contribution in [-0.2, 0) is 5.41 Å². The van der Waals surface area contributed by atoms with Crippen LogP contribution in [0.2, 0.25) is 0 Å². The molecule has 0 radical (unpaired) electrons. The Morgan fingerprint density at radius 2 is 1.78 bits per heavy atom. The summed E-state index contributed by atoms with van der Waals surface area (Å²) in [6, 6.07) is 8.06. The lowest BCUT2D eigenvalue weighted by molar-refractivity contribution is 0.0773. The third-order valence-electron chi connectivity index (χ3n) is 3.83. The van der Waals surface area contributed by atoms with Crippen molar-refractivity contribution in [2.75, 3.05) is 13.1 Å². The largest absolute Gasteiger partial charge is 0.339 e. The summed E-state index contributed by atoms with van der Waals surface area (Å²) in [6.07, 6.45) is 1.07. The summed E-state index contributed by atoms with van der Waals surface area (Å²) in [5, 5.41) is 0. The van der Waals surface area contributed by atoms with Gasteiger partial charge in [-0.3, -0.25) is 4.79 Å². The molecule has 1 aromatic rings. The molecule has 0 aliphatic rings. The molecule has 0 spiro atoms. The fourth-order valence-corrected chi connectivity index (χ4v) is 1.97. The highest BCUT2D eigenvalue weighted by atomic mass is 16.2. The van der Waals surface area contributed by atoms with E-state index < -0.39 is 0 Å². The van der Waals surface area contributed by atoms with E-state index in [4.69, 9.17) is 0 Å². The molecule has 18 heavy (non-hydrogen) atoms. The van der Waals surface area contributed by atoms with E-state index in [0.717, 1.165) is 25.1 Å². The zero-order valence-electron chi connectivity index (χ0n) is 12.3. The first-order valence-electron chi connectivity index (χ1n) is 6.86. The van der Waals surface area contributed by atoms with Gasteiger partial charge in [0.1, 0.15) is 0 Å². The highest BCUT2D eigenvalue weighted by Gasteiger charge is 2.20. The first kappa shape index (κ1) is 14.7. The maximum Gasteiger partial charge on any atom is 0.253 e. The van der Waals surface area contributed by atoms with E-state index in [9.17, 15) is 4.79 Å². The molecule has 0 bridgehead atoms. The molecule has 0 atom stereocenters. The van der Waals surface area contributed by atoms with Gasteiger partial charge < -0.3 is 4.90 Å². The Balaban J connectivity index is 3.06. The lowest BCUT2D eigenvalue weighted by atomic mass is 9.81. The monoisotopic (exact) mass is 247 g/mol. The number of amides is 1. The Morgan fingerprint density at radius 1 is 1.17 bits per heavy atom. The predicted octanol–water partition coefficient (Wildman–Crippen LogP) is 3.86. The second-order valence-electron chi connectivity index (χ2n) is 5.30. The maximum atomic E-state index is 12.3. The van der Waals surface area contributed by atoms with Crippen molar-refractivity contribution in [1.82, 2.24) is 4.90 Å². The Labute approximate surface area is 111 Å². The van der Waals surface area contributed by atoms with Crippen molar-refractivity contribution in [1.29, 1.82) is 0 Å². The molecule has 1 rings (SSSR count). The van der Waals surface area contributed by atoms with Crippen molar-refractivity contribution in [2.45, 2.75) is 46.5 Å². The van der Waals surface area contributed by atoms with Crippen molar-refractivity contribution < 1.29 is 4.79 Å². The van der Waals surface area contributed by atoms with Crippen LogP contribution in [0.4, 0.5) is 0 Å². The number of carbonyl (C=O) groups is 1. The summed E-state index contributed by atoms with van der Waals surface area (Å²) in [6.45, 7) is 12.2. The van der Waals surface area contributed by atoms with Gasteiger partial charge >= 0.3 is 0 Å². The first-order valence-corrected chi connectivity index (χ1v) is 6.86. The van der Waals surface area contributed by atoms with Crippen LogP contribution in [0.25, 0.3) is 0 Å². The summed E-state index contributed by atoms with van der Waals surface area (Å²) in [5.74, 6) is 0.133. The molecule has 0 heterocycles. The Bertz CT molecular complexity index is 405. The molecule has 0 aliphatic carbocycles. The minimum absolute atomic E-state index is 0.125. The van der Waals surface area contributed by atoms with Gasteiger partial charge in [0.25, 0.3) is 5.91 Å². The van der Waals surface area contributed by atoms with Gasteiger partial charge in [0.2, 0.25) is 0 Å². The van der Waals surface area contributed by atoms with E-state index in [1.54, 1.807) is 0 Å². The summed E-state index contributed by atoms with van der Waals surface area (Å²) in [4.78, 5) is 14.2. The van der Waals surface area contributed by atoms with Gasteiger partial charge in [-0.25, -0.2) is 0 Å². The summed E-state index contributed by atoms with van der Waals surface area (Å²) in [5.41, 5.74) is 2.17. The minimum Gasteiger partial charge on any atom is -0.339 e. The average molecular weight is 247 g/mol. The molecule has 0 saturated carbocycles. The van der Waals surface area contributed by atoms with E-state index in [0.29, 0.717) is 0 Å². The molecule has 1 amide bonds. The van der Waals surface area contributed by atoms with Gasteiger partial charge in [-0.15, -0.1) is 0 Å². The van der Waals surface area contributed by atoms with Crippen LogP contribution in [0.1, 0.15) is 57.0 Å². The van der Waals surface area contributed by atoms with Crippen molar-refractivity contribution >= 4 is 5.91 Å². The van der Waals surface area contributed by atoms with Crippen molar-refractivity contribution in [3.63, 3.8) is 0 Å². The zero-order valence-corrected chi connectivity index (χ0v) is 12.3. The lowest BCUT2D eigenvalue weighted by Gasteiger charge is -2.25. The zero-order chi connectivity index (χ0) is 13.8. The number of hydrogen-bond donors (Lipinski definition) is 0. The van der Waals surface area contributed by atoms with Crippen molar-refractivity contribution in [3.05, 3.63) is 35.4 Å². The summed E-state index contributed by atoms with van der Waals surface area (Å²) in [7, 11) is 0. The van der Waals surface area contributed by atoms with E-state index >= 15 is 0 Å². The van der Waals surface area contributed by atoms with Crippen LogP contribution in [0.5, 0.6) is 0 Å². The number of nitrogens with zero attached hydrogens (tertiary/aromatic N) is 1. The van der Waals surface area contributed by atoms with Crippen molar-refractivity contribution in [2.24, 2.45) is 0 Å². The van der Waals surface area contributed by atoms with Gasteiger partial charge in [-0.2, -0.15) is 0 Å². The summed E-state index contributed by atoms with van der Waals surface area (Å²) >= 11 is 0. The standard InChI is InChI=1S/C16H25NO/c1-6-16(4,5)14-11-9-10-13(12-14)15(18)17(7-2)8-3/h9-12H,6-8H2,1-5H3. The lowest BCUT2D eigenvalue weighted by Crippen LogP contribution is -2.30. The highest BCUT2D eigenvalue weighted by molar-refractivity contribution is 5.94. The van der Waals surface area contributed by atoms with Gasteiger partial charge in [0, 0.05) is 18.7 Å². The van der Waals surface area contributed by atoms with Gasteiger partial charge in [0.05, 0.1) is 0 Å². The van der Waals surface area contributed by atoms with E-state index in [-0.39, 0.29) is 11.3 Å². The fraction of sp³-hybridized carbons (Fsp3) is 0.562. The molecule has 0 aliphatic heterocycles. The second-order valence-corrected chi connectivity index (χ2v) is 5.30. The smallest absolute Gasteiger partial charge is 0.253 e. The maximum absolute atomic E-state index is 12.3. The van der Waals surface area contributed by atoms with Gasteiger partial charge in [0.15, 0.2) is 0 Å². The van der Waals surface area contributed by atoms with Crippen LogP contribution in [0, 0.1) is 0 Å². The van der Waals surface area contributed by atoms with Gasteiger partial charge in [-0.1, -0.05) is 32.9 Å². The third-order valence-corrected chi connectivity index (χ3v) is 3.83. The molecule has 0 N–H and O–H groups in total. The SMILES string of the molecule is CCN(CC)C(=O)c1cccc(C(C)(C)CC)c1. The van der Waals surface area contributed by atoms with Crippen LogP contribution >= 0.6 is 0 Å². The molecule has 2 nitrogen and oxygen atoms in total. The minimum atomic E-state index is 0.125. The Morgan fingerprint density at radius 3 is 2.28 bits per heavy atom. The van der Waals surface area contributed by atoms with Crippen molar-refractivity contribution in [3.8, 4) is 0 Å². The number of rotatable bonds is 5. The molecule has 0 unspecified atom stereocenters. The van der Waals surface area contributed by atoms with E-state index in [2.05, 4.69) is 26.8 Å². The third kappa shape index (κ3) is 3.12. The average Bonchev–Trinajstić information content (AvgIpc) is 2.40. The van der Waals surface area contributed by atoms with Crippen LogP contribution in [0.15, 0.2) is 24.3 Å². The molecule has 2 heteroatoms. The highest BCUT2D eigenvalue weighted by Crippen LogP contribution is 2.27.